The van der Waals surface area contributed by atoms with E-state index in [0.717, 1.165) is 39.3 Å². The number of carbonyl (C=O) groups excluding carboxylic acids is 1. The lowest BCUT2D eigenvalue weighted by Gasteiger charge is -2.33. The number of nitrogens with zero attached hydrogens (tertiary/aromatic N) is 3. The summed E-state index contributed by atoms with van der Waals surface area (Å²) in [5, 5.41) is 0. The molecule has 5 rings (SSSR count). The Morgan fingerprint density at radius 1 is 1.13 bits per heavy atom. The third-order valence-electron chi connectivity index (χ3n) is 6.17. The molecule has 2 aliphatic rings. The molecule has 5 nitrogen and oxygen atoms in total. The van der Waals surface area contributed by atoms with E-state index < -0.39 is 11.8 Å². The van der Waals surface area contributed by atoms with Crippen LogP contribution in [0.2, 0.25) is 0 Å². The molecule has 31 heavy (non-hydrogen) atoms. The molecule has 1 aliphatic heterocycles. The summed E-state index contributed by atoms with van der Waals surface area (Å²) in [6.45, 7) is 2.56. The number of pyridine rings is 2. The van der Waals surface area contributed by atoms with Crippen LogP contribution in [0.15, 0.2) is 42.6 Å². The van der Waals surface area contributed by atoms with Gasteiger partial charge in [0.25, 0.3) is 5.92 Å². The molecule has 3 aromatic rings. The average molecular weight is 420 g/mol. The van der Waals surface area contributed by atoms with Crippen molar-refractivity contribution in [3.63, 3.8) is 0 Å². The van der Waals surface area contributed by atoms with Crippen LogP contribution in [-0.2, 0) is 6.42 Å². The van der Waals surface area contributed by atoms with Crippen LogP contribution < -0.4 is 10.6 Å². The smallest absolute Gasteiger partial charge is 0.251 e. The maximum atomic E-state index is 13.5. The normalized spacial score (nSPS) is 16.7. The van der Waals surface area contributed by atoms with Gasteiger partial charge in [-0.05, 0) is 48.4 Å². The predicted molar refractivity (Wildman–Crippen MR) is 115 cm³/mol. The molecule has 1 aliphatic carbocycles. The summed E-state index contributed by atoms with van der Waals surface area (Å²) in [6.07, 6.45) is 2.01. The first-order chi connectivity index (χ1) is 14.8. The Hall–Kier alpha value is -3.35. The summed E-state index contributed by atoms with van der Waals surface area (Å²) in [6, 6.07) is 11.5. The Morgan fingerprint density at radius 2 is 1.90 bits per heavy atom. The number of aryl methyl sites for hydroxylation is 1. The summed E-state index contributed by atoms with van der Waals surface area (Å²) in [4.78, 5) is 23.4. The number of primary amides is 1. The minimum absolute atomic E-state index is 0.133. The molecule has 0 unspecified atom stereocenters. The van der Waals surface area contributed by atoms with Crippen molar-refractivity contribution in [3.05, 3.63) is 65.0 Å². The Bertz CT molecular complexity index is 1180. The Balaban J connectivity index is 1.54. The highest BCUT2D eigenvalue weighted by atomic mass is 19.3. The van der Waals surface area contributed by atoms with Gasteiger partial charge in [0, 0.05) is 66.6 Å². The third-order valence-corrected chi connectivity index (χ3v) is 6.17. The van der Waals surface area contributed by atoms with Crippen molar-refractivity contribution in [1.29, 1.82) is 0 Å². The SMILES string of the molecule is Cc1ccc(-c2cc(C(N)=O)c3c(n2)-c2ccc(N4CCC(F)(F)CC4)cc2C3)cn1. The number of benzene rings is 1. The van der Waals surface area contributed by atoms with Gasteiger partial charge in [0.15, 0.2) is 0 Å². The Kier molecular flexibility index (Phi) is 4.50. The van der Waals surface area contributed by atoms with E-state index in [1.165, 1.54) is 0 Å². The molecule has 3 heterocycles. The highest BCUT2D eigenvalue weighted by Gasteiger charge is 2.34. The van der Waals surface area contributed by atoms with E-state index in [0.29, 0.717) is 30.8 Å². The molecular formula is C24H22F2N4O. The molecular weight excluding hydrogens is 398 g/mol. The van der Waals surface area contributed by atoms with Crippen molar-refractivity contribution in [1.82, 2.24) is 9.97 Å². The monoisotopic (exact) mass is 420 g/mol. The maximum absolute atomic E-state index is 13.5. The first kappa shape index (κ1) is 19.6. The molecule has 1 aromatic carbocycles. The molecule has 2 N–H and O–H groups in total. The number of rotatable bonds is 3. The van der Waals surface area contributed by atoms with Crippen molar-refractivity contribution in [2.24, 2.45) is 5.73 Å². The maximum Gasteiger partial charge on any atom is 0.251 e. The van der Waals surface area contributed by atoms with E-state index in [1.807, 2.05) is 42.2 Å². The van der Waals surface area contributed by atoms with Crippen LogP contribution in [0.25, 0.3) is 22.5 Å². The molecule has 1 amide bonds. The number of fused-ring (bicyclic) bond motifs is 3. The van der Waals surface area contributed by atoms with Gasteiger partial charge in [-0.15, -0.1) is 0 Å². The van der Waals surface area contributed by atoms with Crippen LogP contribution in [0, 0.1) is 6.92 Å². The van der Waals surface area contributed by atoms with Gasteiger partial charge in [0.1, 0.15) is 0 Å². The van der Waals surface area contributed by atoms with Crippen LogP contribution in [0.3, 0.4) is 0 Å². The van der Waals surface area contributed by atoms with Gasteiger partial charge in [0.2, 0.25) is 5.91 Å². The van der Waals surface area contributed by atoms with Crippen molar-refractivity contribution in [2.75, 3.05) is 18.0 Å². The van der Waals surface area contributed by atoms with E-state index in [2.05, 4.69) is 4.98 Å². The lowest BCUT2D eigenvalue weighted by atomic mass is 10.0. The van der Waals surface area contributed by atoms with Gasteiger partial charge in [-0.25, -0.2) is 13.8 Å². The summed E-state index contributed by atoms with van der Waals surface area (Å²) < 4.78 is 27.1. The van der Waals surface area contributed by atoms with Gasteiger partial charge < -0.3 is 10.6 Å². The fourth-order valence-corrected chi connectivity index (χ4v) is 4.40. The van der Waals surface area contributed by atoms with Crippen molar-refractivity contribution in [3.8, 4) is 22.5 Å². The number of hydrogen-bond donors (Lipinski definition) is 1. The molecule has 0 saturated carbocycles. The minimum atomic E-state index is -2.58. The fourth-order valence-electron chi connectivity index (χ4n) is 4.40. The number of nitrogens with two attached hydrogens (primary N) is 1. The summed E-state index contributed by atoms with van der Waals surface area (Å²) in [5.41, 5.74) is 13.0. The van der Waals surface area contributed by atoms with Crippen LogP contribution in [0.1, 0.15) is 40.0 Å². The number of carbonyl (C=O) groups is 1. The van der Waals surface area contributed by atoms with Gasteiger partial charge in [-0.1, -0.05) is 6.07 Å². The standard InChI is InChI=1S/C24H22F2N4O/c1-14-2-3-15(13-28-14)21-12-20(23(27)31)19-11-16-10-17(4-5-18(16)22(19)29-21)30-8-6-24(25,26)7-9-30/h2-5,10,12-13H,6-9,11H2,1H3,(H2,27,31). The molecule has 7 heteroatoms. The molecule has 1 saturated heterocycles. The molecule has 0 spiro atoms. The zero-order valence-electron chi connectivity index (χ0n) is 17.2. The third kappa shape index (κ3) is 3.54. The van der Waals surface area contributed by atoms with E-state index in [-0.39, 0.29) is 12.8 Å². The molecule has 0 bridgehead atoms. The Morgan fingerprint density at radius 3 is 2.58 bits per heavy atom. The van der Waals surface area contributed by atoms with Crippen LogP contribution in [0.4, 0.5) is 14.5 Å². The number of piperidine rings is 1. The topological polar surface area (TPSA) is 72.1 Å². The number of anilines is 1. The number of amides is 1. The first-order valence-corrected chi connectivity index (χ1v) is 10.3. The molecule has 1 fully saturated rings. The van der Waals surface area contributed by atoms with Crippen molar-refractivity contribution < 1.29 is 13.6 Å². The number of halogens is 2. The minimum Gasteiger partial charge on any atom is -0.371 e. The number of alkyl halides is 2. The molecule has 0 atom stereocenters. The summed E-state index contributed by atoms with van der Waals surface area (Å²) >= 11 is 0. The van der Waals surface area contributed by atoms with E-state index in [9.17, 15) is 13.6 Å². The zero-order valence-corrected chi connectivity index (χ0v) is 17.2. The Labute approximate surface area is 178 Å². The van der Waals surface area contributed by atoms with E-state index in [1.54, 1.807) is 12.3 Å². The highest BCUT2D eigenvalue weighted by molar-refractivity contribution is 5.98. The van der Waals surface area contributed by atoms with E-state index >= 15 is 0 Å². The lowest BCUT2D eigenvalue weighted by Crippen LogP contribution is -2.39. The van der Waals surface area contributed by atoms with Crippen LogP contribution in [0.5, 0.6) is 0 Å². The van der Waals surface area contributed by atoms with Gasteiger partial charge in [0.05, 0.1) is 11.4 Å². The summed E-state index contributed by atoms with van der Waals surface area (Å²) in [7, 11) is 0. The second-order valence-corrected chi connectivity index (χ2v) is 8.30. The van der Waals surface area contributed by atoms with Gasteiger partial charge in [-0.3, -0.25) is 9.78 Å². The average Bonchev–Trinajstić information content (AvgIpc) is 3.11. The van der Waals surface area contributed by atoms with Crippen molar-refractivity contribution in [2.45, 2.75) is 32.1 Å². The number of hydrogen-bond acceptors (Lipinski definition) is 4. The van der Waals surface area contributed by atoms with Gasteiger partial charge >= 0.3 is 0 Å². The quantitative estimate of drug-likeness (QED) is 0.535. The lowest BCUT2D eigenvalue weighted by molar-refractivity contribution is -0.0220. The second kappa shape index (κ2) is 7.11. The van der Waals surface area contributed by atoms with E-state index in [4.69, 9.17) is 10.7 Å². The zero-order chi connectivity index (χ0) is 21.8. The predicted octanol–water partition coefficient (Wildman–Crippen LogP) is 4.36. The molecule has 2 aromatic heterocycles. The summed E-state index contributed by atoms with van der Waals surface area (Å²) in [5.74, 6) is -3.07. The molecule has 0 radical (unpaired) electrons. The first-order valence-electron chi connectivity index (χ1n) is 10.3. The largest absolute Gasteiger partial charge is 0.371 e. The molecule has 158 valence electrons. The van der Waals surface area contributed by atoms with Crippen molar-refractivity contribution >= 4 is 11.6 Å². The van der Waals surface area contributed by atoms with Crippen LogP contribution in [-0.4, -0.2) is 34.9 Å². The van der Waals surface area contributed by atoms with Crippen LogP contribution >= 0.6 is 0 Å². The number of aromatic nitrogens is 2. The van der Waals surface area contributed by atoms with Gasteiger partial charge in [-0.2, -0.15) is 0 Å². The highest BCUT2D eigenvalue weighted by Crippen LogP contribution is 2.41. The second-order valence-electron chi connectivity index (χ2n) is 8.30. The fraction of sp³-hybridized carbons (Fsp3) is 0.292.